The summed E-state index contributed by atoms with van der Waals surface area (Å²) < 4.78 is 12.4. The predicted molar refractivity (Wildman–Crippen MR) is 98.7 cm³/mol. The summed E-state index contributed by atoms with van der Waals surface area (Å²) in [5, 5.41) is 9.35. The van der Waals surface area contributed by atoms with Gasteiger partial charge >= 0.3 is 0 Å². The number of carbonyl (C=O) groups excluding carboxylic acids is 1. The van der Waals surface area contributed by atoms with Crippen LogP contribution in [0.3, 0.4) is 0 Å². The van der Waals surface area contributed by atoms with E-state index in [2.05, 4.69) is 10.2 Å². The average molecular weight is 388 g/mol. The van der Waals surface area contributed by atoms with Gasteiger partial charge in [0.1, 0.15) is 6.33 Å². The molecular formula is C18H14ClN3O3S. The van der Waals surface area contributed by atoms with Crippen molar-refractivity contribution in [1.29, 1.82) is 0 Å². The second-order valence-electron chi connectivity index (χ2n) is 5.70. The van der Waals surface area contributed by atoms with Gasteiger partial charge in [-0.25, -0.2) is 0 Å². The number of ether oxygens (including phenoxy) is 2. The molecule has 0 saturated carbocycles. The van der Waals surface area contributed by atoms with E-state index in [1.807, 2.05) is 29.7 Å². The minimum absolute atomic E-state index is 0.0233. The topological polar surface area (TPSA) is 66.2 Å². The smallest absolute Gasteiger partial charge is 0.231 e. The van der Waals surface area contributed by atoms with E-state index in [1.165, 1.54) is 11.8 Å². The van der Waals surface area contributed by atoms with Crippen molar-refractivity contribution in [3.63, 3.8) is 0 Å². The number of aryl methyl sites for hydroxylation is 1. The van der Waals surface area contributed by atoms with E-state index in [0.29, 0.717) is 27.2 Å². The van der Waals surface area contributed by atoms with Crippen LogP contribution in [0.5, 0.6) is 11.5 Å². The van der Waals surface area contributed by atoms with Gasteiger partial charge in [0.05, 0.1) is 11.4 Å². The van der Waals surface area contributed by atoms with Crippen LogP contribution in [0.2, 0.25) is 5.02 Å². The lowest BCUT2D eigenvalue weighted by atomic mass is 10.1. The number of benzene rings is 2. The van der Waals surface area contributed by atoms with Gasteiger partial charge in [-0.1, -0.05) is 29.4 Å². The molecule has 6 nitrogen and oxygen atoms in total. The maximum Gasteiger partial charge on any atom is 0.231 e. The zero-order valence-corrected chi connectivity index (χ0v) is 15.4. The van der Waals surface area contributed by atoms with Gasteiger partial charge in [0.15, 0.2) is 22.4 Å². The number of hydrogen-bond donors (Lipinski definition) is 0. The molecule has 0 unspecified atom stereocenters. The zero-order valence-electron chi connectivity index (χ0n) is 13.8. The van der Waals surface area contributed by atoms with E-state index < -0.39 is 0 Å². The number of hydrogen-bond acceptors (Lipinski definition) is 6. The fourth-order valence-corrected chi connectivity index (χ4v) is 3.51. The van der Waals surface area contributed by atoms with Gasteiger partial charge in [0.2, 0.25) is 6.79 Å². The molecule has 0 aliphatic carbocycles. The first-order valence-corrected chi connectivity index (χ1v) is 9.20. The van der Waals surface area contributed by atoms with Gasteiger partial charge in [0, 0.05) is 10.6 Å². The third-order valence-corrected chi connectivity index (χ3v) is 5.33. The molecule has 0 radical (unpaired) electrons. The number of aromatic nitrogens is 3. The molecule has 26 heavy (non-hydrogen) atoms. The maximum absolute atomic E-state index is 12.5. The van der Waals surface area contributed by atoms with Crippen LogP contribution in [0.4, 0.5) is 0 Å². The summed E-state index contributed by atoms with van der Waals surface area (Å²) in [6, 6.07) is 10.9. The average Bonchev–Trinajstić information content (AvgIpc) is 3.30. The lowest BCUT2D eigenvalue weighted by molar-refractivity contribution is 0.102. The highest BCUT2D eigenvalue weighted by molar-refractivity contribution is 7.99. The molecule has 0 fully saturated rings. The summed E-state index contributed by atoms with van der Waals surface area (Å²) in [4.78, 5) is 12.5. The molecule has 0 N–H and O–H groups in total. The number of rotatable bonds is 5. The zero-order chi connectivity index (χ0) is 18.1. The van der Waals surface area contributed by atoms with Crippen molar-refractivity contribution in [3.05, 3.63) is 58.9 Å². The van der Waals surface area contributed by atoms with Gasteiger partial charge < -0.3 is 9.47 Å². The Morgan fingerprint density at radius 1 is 1.23 bits per heavy atom. The van der Waals surface area contributed by atoms with E-state index in [-0.39, 0.29) is 18.3 Å². The van der Waals surface area contributed by atoms with E-state index in [9.17, 15) is 4.79 Å². The molecule has 1 aromatic heterocycles. The van der Waals surface area contributed by atoms with Crippen LogP contribution in [-0.4, -0.2) is 33.1 Å². The Labute approximate surface area is 159 Å². The van der Waals surface area contributed by atoms with Crippen LogP contribution >= 0.6 is 23.4 Å². The molecule has 8 heteroatoms. The van der Waals surface area contributed by atoms with E-state index >= 15 is 0 Å². The number of halogens is 1. The number of nitrogens with zero attached hydrogens (tertiary/aromatic N) is 3. The molecule has 0 amide bonds. The number of ketones is 1. The van der Waals surface area contributed by atoms with Gasteiger partial charge in [-0.3, -0.25) is 9.36 Å². The Hall–Kier alpha value is -2.51. The summed E-state index contributed by atoms with van der Waals surface area (Å²) >= 11 is 7.52. The summed E-state index contributed by atoms with van der Waals surface area (Å²) in [7, 11) is 0. The largest absolute Gasteiger partial charge is 0.454 e. The van der Waals surface area contributed by atoms with E-state index in [0.717, 1.165) is 11.3 Å². The van der Waals surface area contributed by atoms with Crippen molar-refractivity contribution in [3.8, 4) is 17.2 Å². The lowest BCUT2D eigenvalue weighted by Gasteiger charge is -2.08. The summed E-state index contributed by atoms with van der Waals surface area (Å²) in [5.74, 6) is 1.46. The third-order valence-electron chi connectivity index (χ3n) is 3.98. The highest BCUT2D eigenvalue weighted by Crippen LogP contribution is 2.33. The van der Waals surface area contributed by atoms with Crippen molar-refractivity contribution in [2.45, 2.75) is 12.1 Å². The highest BCUT2D eigenvalue weighted by Gasteiger charge is 2.17. The predicted octanol–water partition coefficient (Wildman–Crippen LogP) is 3.93. The molecule has 3 aromatic rings. The molecule has 0 spiro atoms. The van der Waals surface area contributed by atoms with Gasteiger partial charge in [-0.05, 0) is 42.8 Å². The quantitative estimate of drug-likeness (QED) is 0.488. The fraction of sp³-hybridized carbons (Fsp3) is 0.167. The molecule has 0 atom stereocenters. The number of fused-ring (bicyclic) bond motifs is 1. The molecule has 0 bridgehead atoms. The number of thioether (sulfide) groups is 1. The van der Waals surface area contributed by atoms with E-state index in [4.69, 9.17) is 21.1 Å². The van der Waals surface area contributed by atoms with Crippen LogP contribution in [0.1, 0.15) is 15.9 Å². The molecule has 1 aliphatic heterocycles. The van der Waals surface area contributed by atoms with Crippen molar-refractivity contribution in [2.24, 2.45) is 0 Å². The Bertz CT molecular complexity index is 990. The van der Waals surface area contributed by atoms with Crippen LogP contribution in [-0.2, 0) is 0 Å². The van der Waals surface area contributed by atoms with Crippen molar-refractivity contribution >= 4 is 29.1 Å². The molecule has 2 aromatic carbocycles. The van der Waals surface area contributed by atoms with Crippen LogP contribution in [0.15, 0.2) is 47.9 Å². The monoisotopic (exact) mass is 387 g/mol. The standard InChI is InChI=1S/C18H14ClN3O3S/c1-11-2-4-13(7-14(11)19)22-9-20-21-18(22)26-8-15(23)12-3-5-16-17(6-12)25-10-24-16/h2-7,9H,8,10H2,1H3. The molecule has 4 rings (SSSR count). The van der Waals surface area contributed by atoms with Crippen molar-refractivity contribution in [2.75, 3.05) is 12.5 Å². The molecular weight excluding hydrogens is 374 g/mol. The lowest BCUT2D eigenvalue weighted by Crippen LogP contribution is -2.04. The Balaban J connectivity index is 1.49. The van der Waals surface area contributed by atoms with Gasteiger partial charge in [0.25, 0.3) is 0 Å². The number of Topliss-reactive ketones (excluding diaryl/α,β-unsaturated/α-hetero) is 1. The minimum Gasteiger partial charge on any atom is -0.454 e. The van der Waals surface area contributed by atoms with Crippen LogP contribution < -0.4 is 9.47 Å². The molecule has 0 saturated heterocycles. The Morgan fingerprint density at radius 3 is 2.92 bits per heavy atom. The Kier molecular flexibility index (Phi) is 4.57. The Morgan fingerprint density at radius 2 is 2.08 bits per heavy atom. The van der Waals surface area contributed by atoms with Crippen molar-refractivity contribution in [1.82, 2.24) is 14.8 Å². The summed E-state index contributed by atoms with van der Waals surface area (Å²) in [6.45, 7) is 2.13. The fourth-order valence-electron chi connectivity index (χ4n) is 2.51. The summed E-state index contributed by atoms with van der Waals surface area (Å²) in [6.07, 6.45) is 1.61. The second-order valence-corrected chi connectivity index (χ2v) is 7.05. The number of carbonyl (C=O) groups is 1. The molecule has 2 heterocycles. The first-order valence-electron chi connectivity index (χ1n) is 7.84. The highest BCUT2D eigenvalue weighted by atomic mass is 35.5. The first-order chi connectivity index (χ1) is 12.6. The minimum atomic E-state index is -0.0233. The van der Waals surface area contributed by atoms with Gasteiger partial charge in [-0.15, -0.1) is 10.2 Å². The van der Waals surface area contributed by atoms with Crippen LogP contribution in [0.25, 0.3) is 5.69 Å². The van der Waals surface area contributed by atoms with Gasteiger partial charge in [-0.2, -0.15) is 0 Å². The van der Waals surface area contributed by atoms with E-state index in [1.54, 1.807) is 24.5 Å². The normalized spacial score (nSPS) is 12.4. The third kappa shape index (κ3) is 3.27. The van der Waals surface area contributed by atoms with Crippen LogP contribution in [0, 0.1) is 6.92 Å². The second kappa shape index (κ2) is 7.01. The molecule has 1 aliphatic rings. The summed E-state index contributed by atoms with van der Waals surface area (Å²) in [5.41, 5.74) is 2.42. The van der Waals surface area contributed by atoms with Crippen molar-refractivity contribution < 1.29 is 14.3 Å². The maximum atomic E-state index is 12.5. The first kappa shape index (κ1) is 16.9. The SMILES string of the molecule is Cc1ccc(-n2cnnc2SCC(=O)c2ccc3c(c2)OCO3)cc1Cl. The molecule has 132 valence electrons.